The minimum Gasteiger partial charge on any atom is -0.461 e. The summed E-state index contributed by atoms with van der Waals surface area (Å²) in [6.45, 7) is 19.7. The molecule has 0 radical (unpaired) electrons. The van der Waals surface area contributed by atoms with Crippen molar-refractivity contribution in [1.82, 2.24) is 0 Å². The van der Waals surface area contributed by atoms with Crippen molar-refractivity contribution in [3.63, 3.8) is 0 Å². The number of rotatable bonds is 9. The van der Waals surface area contributed by atoms with Gasteiger partial charge in [-0.2, -0.15) is 0 Å². The fourth-order valence-electron chi connectivity index (χ4n) is 2.80. The predicted octanol–water partition coefficient (Wildman–Crippen LogP) is 4.85. The van der Waals surface area contributed by atoms with E-state index in [0.29, 0.717) is 5.92 Å². The molecule has 4 heteroatoms. The molecule has 0 bridgehead atoms. The van der Waals surface area contributed by atoms with Crippen LogP contribution in [0.2, 0.25) is 0 Å². The number of ether oxygens (including phenoxy) is 2. The predicted molar refractivity (Wildman–Crippen MR) is 97.5 cm³/mol. The summed E-state index contributed by atoms with van der Waals surface area (Å²) in [6, 6.07) is 0. The highest BCUT2D eigenvalue weighted by molar-refractivity contribution is 5.72. The van der Waals surface area contributed by atoms with Crippen molar-refractivity contribution in [2.24, 2.45) is 29.1 Å². The van der Waals surface area contributed by atoms with Gasteiger partial charge in [-0.15, -0.1) is 0 Å². The van der Waals surface area contributed by atoms with Crippen molar-refractivity contribution in [3.8, 4) is 0 Å². The van der Waals surface area contributed by atoms with Gasteiger partial charge < -0.3 is 9.47 Å². The molecule has 0 spiro atoms. The first kappa shape index (κ1) is 22.9. The molecule has 0 amide bonds. The van der Waals surface area contributed by atoms with Crippen molar-refractivity contribution in [2.75, 3.05) is 0 Å². The number of hydrogen-bond acceptors (Lipinski definition) is 4. The van der Waals surface area contributed by atoms with E-state index in [1.807, 2.05) is 55.4 Å². The average molecular weight is 343 g/mol. The van der Waals surface area contributed by atoms with Gasteiger partial charge in [0.15, 0.2) is 0 Å². The number of carbonyl (C=O) groups excluding carboxylic acids is 2. The van der Waals surface area contributed by atoms with Crippen LogP contribution in [0, 0.1) is 29.1 Å². The Kier molecular flexibility index (Phi) is 9.01. The Labute approximate surface area is 148 Å². The standard InChI is InChI=1S/C20H38O4/c1-12(2)11-16(23-18(21)14(5)6)20(9,10)17(13(3)4)24-19(22)15(7)8/h12-17H,11H2,1-10H3. The summed E-state index contributed by atoms with van der Waals surface area (Å²) in [6.07, 6.45) is 0.143. The van der Waals surface area contributed by atoms with Gasteiger partial charge in [-0.1, -0.05) is 69.2 Å². The van der Waals surface area contributed by atoms with E-state index in [4.69, 9.17) is 9.47 Å². The van der Waals surface area contributed by atoms with Gasteiger partial charge in [0.1, 0.15) is 12.2 Å². The Morgan fingerprint density at radius 2 is 1.21 bits per heavy atom. The maximum atomic E-state index is 12.2. The molecule has 0 saturated carbocycles. The smallest absolute Gasteiger partial charge is 0.308 e. The fraction of sp³-hybridized carbons (Fsp3) is 0.900. The van der Waals surface area contributed by atoms with E-state index in [1.54, 1.807) is 0 Å². The van der Waals surface area contributed by atoms with Crippen LogP contribution in [0.1, 0.15) is 75.7 Å². The van der Waals surface area contributed by atoms with Crippen LogP contribution in [0.25, 0.3) is 0 Å². The van der Waals surface area contributed by atoms with Crippen LogP contribution in [0.15, 0.2) is 0 Å². The van der Waals surface area contributed by atoms with Gasteiger partial charge in [-0.3, -0.25) is 9.59 Å². The van der Waals surface area contributed by atoms with Gasteiger partial charge in [0.05, 0.1) is 11.8 Å². The highest BCUT2D eigenvalue weighted by Crippen LogP contribution is 2.38. The molecular weight excluding hydrogens is 304 g/mol. The van der Waals surface area contributed by atoms with E-state index in [2.05, 4.69) is 13.8 Å². The average Bonchev–Trinajstić information content (AvgIpc) is 2.41. The third-order valence-electron chi connectivity index (χ3n) is 4.30. The number of esters is 2. The van der Waals surface area contributed by atoms with E-state index in [-0.39, 0.29) is 41.9 Å². The molecule has 2 unspecified atom stereocenters. The summed E-state index contributed by atoms with van der Waals surface area (Å²) < 4.78 is 11.6. The lowest BCUT2D eigenvalue weighted by atomic mass is 9.73. The van der Waals surface area contributed by atoms with Crippen LogP contribution in [0.3, 0.4) is 0 Å². The van der Waals surface area contributed by atoms with Gasteiger partial charge in [0, 0.05) is 5.41 Å². The minimum absolute atomic E-state index is 0.134. The fourth-order valence-corrected chi connectivity index (χ4v) is 2.80. The quantitative estimate of drug-likeness (QED) is 0.562. The Bertz CT molecular complexity index is 408. The summed E-state index contributed by atoms with van der Waals surface area (Å²) in [5, 5.41) is 0. The van der Waals surface area contributed by atoms with Gasteiger partial charge in [-0.05, 0) is 18.3 Å². The summed E-state index contributed by atoms with van der Waals surface area (Å²) in [7, 11) is 0. The van der Waals surface area contributed by atoms with Crippen molar-refractivity contribution in [1.29, 1.82) is 0 Å². The zero-order valence-electron chi connectivity index (χ0n) is 17.3. The Morgan fingerprint density at radius 3 is 1.54 bits per heavy atom. The van der Waals surface area contributed by atoms with Gasteiger partial charge in [0.25, 0.3) is 0 Å². The SMILES string of the molecule is CC(C)CC(OC(=O)C(C)C)C(C)(C)C(OC(=O)C(C)C)C(C)C. The van der Waals surface area contributed by atoms with Crippen molar-refractivity contribution in [2.45, 2.75) is 87.9 Å². The molecule has 0 aliphatic carbocycles. The molecule has 0 rings (SSSR count). The molecule has 0 N–H and O–H groups in total. The van der Waals surface area contributed by atoms with Gasteiger partial charge in [0.2, 0.25) is 0 Å². The highest BCUT2D eigenvalue weighted by atomic mass is 16.6. The molecular formula is C20H38O4. The molecule has 0 aromatic rings. The summed E-state index contributed by atoms with van der Waals surface area (Å²) in [5.41, 5.74) is -0.465. The molecule has 0 aliphatic rings. The van der Waals surface area contributed by atoms with Crippen molar-refractivity contribution >= 4 is 11.9 Å². The minimum atomic E-state index is -0.465. The summed E-state index contributed by atoms with van der Waals surface area (Å²) >= 11 is 0. The molecule has 0 fully saturated rings. The van der Waals surface area contributed by atoms with E-state index < -0.39 is 5.41 Å². The first-order chi connectivity index (χ1) is 10.8. The molecule has 0 aromatic heterocycles. The molecule has 0 aromatic carbocycles. The second kappa shape index (κ2) is 9.43. The second-order valence-electron chi connectivity index (χ2n) is 8.79. The third kappa shape index (κ3) is 6.82. The topological polar surface area (TPSA) is 52.6 Å². The van der Waals surface area contributed by atoms with E-state index in [1.165, 1.54) is 0 Å². The normalized spacial score (nSPS) is 15.1. The van der Waals surface area contributed by atoms with E-state index in [0.717, 1.165) is 6.42 Å². The number of hydrogen-bond donors (Lipinski definition) is 0. The summed E-state index contributed by atoms with van der Waals surface area (Å²) in [4.78, 5) is 24.3. The lowest BCUT2D eigenvalue weighted by Gasteiger charge is -2.42. The van der Waals surface area contributed by atoms with Gasteiger partial charge in [-0.25, -0.2) is 0 Å². The highest BCUT2D eigenvalue weighted by Gasteiger charge is 2.44. The molecule has 2 atom stereocenters. The molecule has 4 nitrogen and oxygen atoms in total. The third-order valence-corrected chi connectivity index (χ3v) is 4.30. The Hall–Kier alpha value is -1.06. The first-order valence-electron chi connectivity index (χ1n) is 9.21. The van der Waals surface area contributed by atoms with Gasteiger partial charge >= 0.3 is 11.9 Å². The lowest BCUT2D eigenvalue weighted by molar-refractivity contribution is -0.181. The maximum absolute atomic E-state index is 12.2. The molecule has 142 valence electrons. The Balaban J connectivity index is 5.54. The molecule has 24 heavy (non-hydrogen) atoms. The zero-order valence-corrected chi connectivity index (χ0v) is 17.3. The molecule has 0 saturated heterocycles. The monoisotopic (exact) mass is 342 g/mol. The zero-order chi connectivity index (χ0) is 19.2. The van der Waals surface area contributed by atoms with Crippen LogP contribution >= 0.6 is 0 Å². The van der Waals surface area contributed by atoms with Crippen LogP contribution in [0.4, 0.5) is 0 Å². The van der Waals surface area contributed by atoms with Crippen molar-refractivity contribution in [3.05, 3.63) is 0 Å². The maximum Gasteiger partial charge on any atom is 0.308 e. The first-order valence-corrected chi connectivity index (χ1v) is 9.21. The molecule has 0 aliphatic heterocycles. The number of carbonyl (C=O) groups is 2. The van der Waals surface area contributed by atoms with Crippen LogP contribution in [-0.2, 0) is 19.1 Å². The lowest BCUT2D eigenvalue weighted by Crippen LogP contribution is -2.48. The van der Waals surface area contributed by atoms with E-state index >= 15 is 0 Å². The van der Waals surface area contributed by atoms with Crippen LogP contribution in [0.5, 0.6) is 0 Å². The largest absolute Gasteiger partial charge is 0.461 e. The summed E-state index contributed by atoms with van der Waals surface area (Å²) in [5.74, 6) is -0.250. The van der Waals surface area contributed by atoms with E-state index in [9.17, 15) is 9.59 Å². The van der Waals surface area contributed by atoms with Crippen LogP contribution in [-0.4, -0.2) is 24.1 Å². The van der Waals surface area contributed by atoms with Crippen LogP contribution < -0.4 is 0 Å². The van der Waals surface area contributed by atoms with Crippen molar-refractivity contribution < 1.29 is 19.1 Å². The second-order valence-corrected chi connectivity index (χ2v) is 8.79. The Morgan fingerprint density at radius 1 is 0.792 bits per heavy atom. The molecule has 0 heterocycles.